The van der Waals surface area contributed by atoms with Crippen LogP contribution in [0.15, 0.2) is 46.9 Å². The van der Waals surface area contributed by atoms with Gasteiger partial charge in [-0.15, -0.1) is 0 Å². The van der Waals surface area contributed by atoms with E-state index in [-0.39, 0.29) is 18.0 Å². The van der Waals surface area contributed by atoms with Crippen molar-refractivity contribution >= 4 is 15.9 Å². The van der Waals surface area contributed by atoms with Gasteiger partial charge in [0.05, 0.1) is 0 Å². The fourth-order valence-corrected chi connectivity index (χ4v) is 2.65. The number of halogens is 2. The predicted octanol–water partition coefficient (Wildman–Crippen LogP) is 4.75. The maximum atomic E-state index is 13.4. The lowest BCUT2D eigenvalue weighted by Crippen LogP contribution is -2.31. The van der Waals surface area contributed by atoms with Gasteiger partial charge in [-0.25, -0.2) is 4.39 Å². The molecule has 2 unspecified atom stereocenters. The highest BCUT2D eigenvalue weighted by Crippen LogP contribution is 2.31. The number of hydrogen-bond donors (Lipinski definition) is 1. The second kappa shape index (κ2) is 7.05. The summed E-state index contributed by atoms with van der Waals surface area (Å²) in [5.74, 6) is 0.387. The first kappa shape index (κ1) is 16.0. The molecule has 0 fully saturated rings. The molecule has 0 bridgehead atoms. The molecule has 0 aliphatic rings. The molecule has 2 atom stereocenters. The zero-order valence-corrected chi connectivity index (χ0v) is 13.7. The van der Waals surface area contributed by atoms with E-state index in [1.807, 2.05) is 31.2 Å². The van der Waals surface area contributed by atoms with Gasteiger partial charge in [0.2, 0.25) is 0 Å². The number of rotatable bonds is 5. The van der Waals surface area contributed by atoms with E-state index >= 15 is 0 Å². The molecule has 2 N–H and O–H groups in total. The number of ether oxygens (including phenoxy) is 1. The second-order valence-corrected chi connectivity index (χ2v) is 5.90. The molecule has 21 heavy (non-hydrogen) atoms. The van der Waals surface area contributed by atoms with E-state index in [4.69, 9.17) is 10.5 Å². The zero-order chi connectivity index (χ0) is 15.4. The maximum Gasteiger partial charge on any atom is 0.140 e. The first-order valence-electron chi connectivity index (χ1n) is 6.95. The van der Waals surface area contributed by atoms with E-state index < -0.39 is 0 Å². The van der Waals surface area contributed by atoms with Gasteiger partial charge in [-0.3, -0.25) is 0 Å². The van der Waals surface area contributed by atoms with Crippen LogP contribution in [0.3, 0.4) is 0 Å². The molecule has 0 saturated heterocycles. The Morgan fingerprint density at radius 1 is 1.24 bits per heavy atom. The van der Waals surface area contributed by atoms with Crippen molar-refractivity contribution in [1.82, 2.24) is 0 Å². The molecule has 2 rings (SSSR count). The quantitative estimate of drug-likeness (QED) is 0.843. The van der Waals surface area contributed by atoms with E-state index in [9.17, 15) is 4.39 Å². The van der Waals surface area contributed by atoms with Gasteiger partial charge in [-0.1, -0.05) is 41.1 Å². The first-order valence-corrected chi connectivity index (χ1v) is 7.75. The third-order valence-electron chi connectivity index (χ3n) is 3.46. The fraction of sp³-hybridized carbons (Fsp3) is 0.294. The summed E-state index contributed by atoms with van der Waals surface area (Å²) >= 11 is 3.54. The van der Waals surface area contributed by atoms with Crippen LogP contribution in [-0.2, 0) is 0 Å². The van der Waals surface area contributed by atoms with Crippen LogP contribution in [0, 0.1) is 12.7 Å². The van der Waals surface area contributed by atoms with Crippen molar-refractivity contribution in [1.29, 1.82) is 0 Å². The summed E-state index contributed by atoms with van der Waals surface area (Å²) < 4.78 is 20.4. The minimum atomic E-state index is -0.282. The molecule has 0 saturated carbocycles. The zero-order valence-electron chi connectivity index (χ0n) is 12.1. The Hall–Kier alpha value is -1.39. The molecule has 4 heteroatoms. The van der Waals surface area contributed by atoms with Gasteiger partial charge in [0.15, 0.2) is 0 Å². The molecule has 0 amide bonds. The Morgan fingerprint density at radius 3 is 2.57 bits per heavy atom. The molecule has 0 heterocycles. The lowest BCUT2D eigenvalue weighted by molar-refractivity contribution is 0.170. The summed E-state index contributed by atoms with van der Waals surface area (Å²) in [5.41, 5.74) is 7.77. The largest absolute Gasteiger partial charge is 0.484 e. The van der Waals surface area contributed by atoms with Crippen LogP contribution in [-0.4, -0.2) is 6.04 Å². The summed E-state index contributed by atoms with van der Waals surface area (Å²) in [5, 5.41) is 0. The minimum Gasteiger partial charge on any atom is -0.484 e. The average molecular weight is 352 g/mol. The smallest absolute Gasteiger partial charge is 0.140 e. The minimum absolute atomic E-state index is 0.144. The lowest BCUT2D eigenvalue weighted by Gasteiger charge is -2.26. The predicted molar refractivity (Wildman–Crippen MR) is 86.9 cm³/mol. The first-order chi connectivity index (χ1) is 10.0. The van der Waals surface area contributed by atoms with E-state index in [1.54, 1.807) is 19.1 Å². The van der Waals surface area contributed by atoms with Gasteiger partial charge in [0, 0.05) is 16.1 Å². The van der Waals surface area contributed by atoms with Crippen molar-refractivity contribution in [3.8, 4) is 5.75 Å². The van der Waals surface area contributed by atoms with Crippen LogP contribution in [0.5, 0.6) is 5.75 Å². The van der Waals surface area contributed by atoms with Crippen LogP contribution in [0.2, 0.25) is 0 Å². The highest BCUT2D eigenvalue weighted by atomic mass is 79.9. The summed E-state index contributed by atoms with van der Waals surface area (Å²) in [4.78, 5) is 0. The average Bonchev–Trinajstić information content (AvgIpc) is 2.48. The summed E-state index contributed by atoms with van der Waals surface area (Å²) in [7, 11) is 0. The Kier molecular flexibility index (Phi) is 5.37. The van der Waals surface area contributed by atoms with Gasteiger partial charge < -0.3 is 10.5 Å². The monoisotopic (exact) mass is 351 g/mol. The van der Waals surface area contributed by atoms with Gasteiger partial charge in [-0.2, -0.15) is 0 Å². The molecule has 0 aliphatic carbocycles. The van der Waals surface area contributed by atoms with Gasteiger partial charge in [-0.05, 0) is 43.2 Å². The molecule has 0 aliphatic heterocycles. The van der Waals surface area contributed by atoms with Crippen LogP contribution in [0.4, 0.5) is 4.39 Å². The Morgan fingerprint density at radius 2 is 1.95 bits per heavy atom. The van der Waals surface area contributed by atoms with E-state index in [2.05, 4.69) is 15.9 Å². The third kappa shape index (κ3) is 3.83. The standard InChI is InChI=1S/C17H19BrFNO/c1-3-16(20)17(13-6-4-5-7-14(13)18)21-12-8-9-15(19)11(2)10-12/h4-10,16-17H,3,20H2,1-2H3. The molecule has 2 aromatic carbocycles. The molecule has 2 nitrogen and oxygen atoms in total. The Balaban J connectivity index is 2.33. The number of nitrogens with two attached hydrogens (primary N) is 1. The Bertz CT molecular complexity index is 617. The summed E-state index contributed by atoms with van der Waals surface area (Å²) in [6, 6.07) is 12.5. The van der Waals surface area contributed by atoms with Crippen molar-refractivity contribution in [2.45, 2.75) is 32.4 Å². The van der Waals surface area contributed by atoms with E-state index in [0.29, 0.717) is 11.3 Å². The fourth-order valence-electron chi connectivity index (χ4n) is 2.14. The molecular weight excluding hydrogens is 333 g/mol. The van der Waals surface area contributed by atoms with Crippen LogP contribution in [0.25, 0.3) is 0 Å². The molecule has 112 valence electrons. The molecule has 0 radical (unpaired) electrons. The van der Waals surface area contributed by atoms with E-state index in [1.165, 1.54) is 6.07 Å². The number of benzene rings is 2. The Labute approximate surface area is 133 Å². The molecular formula is C17H19BrFNO. The van der Waals surface area contributed by atoms with Gasteiger partial charge in [0.25, 0.3) is 0 Å². The molecule has 2 aromatic rings. The van der Waals surface area contributed by atoms with Crippen molar-refractivity contribution in [2.24, 2.45) is 5.73 Å². The van der Waals surface area contributed by atoms with E-state index in [0.717, 1.165) is 16.5 Å². The highest BCUT2D eigenvalue weighted by Gasteiger charge is 2.22. The van der Waals surface area contributed by atoms with Crippen molar-refractivity contribution in [2.75, 3.05) is 0 Å². The molecule has 0 aromatic heterocycles. The number of hydrogen-bond acceptors (Lipinski definition) is 2. The second-order valence-electron chi connectivity index (χ2n) is 5.04. The summed E-state index contributed by atoms with van der Waals surface area (Å²) in [6.07, 6.45) is 0.502. The molecule has 0 spiro atoms. The normalized spacial score (nSPS) is 13.8. The SMILES string of the molecule is CCC(N)C(Oc1ccc(F)c(C)c1)c1ccccc1Br. The van der Waals surface area contributed by atoms with Gasteiger partial charge in [0.1, 0.15) is 17.7 Å². The lowest BCUT2D eigenvalue weighted by atomic mass is 10.0. The van der Waals surface area contributed by atoms with Crippen LogP contribution in [0.1, 0.15) is 30.6 Å². The number of aryl methyl sites for hydroxylation is 1. The third-order valence-corrected chi connectivity index (χ3v) is 4.19. The highest BCUT2D eigenvalue weighted by molar-refractivity contribution is 9.10. The van der Waals surface area contributed by atoms with Crippen molar-refractivity contribution in [3.05, 3.63) is 63.9 Å². The van der Waals surface area contributed by atoms with Crippen LogP contribution >= 0.6 is 15.9 Å². The summed E-state index contributed by atoms with van der Waals surface area (Å²) in [6.45, 7) is 3.74. The van der Waals surface area contributed by atoms with Crippen molar-refractivity contribution < 1.29 is 9.13 Å². The van der Waals surface area contributed by atoms with Crippen LogP contribution < -0.4 is 10.5 Å². The van der Waals surface area contributed by atoms with Gasteiger partial charge >= 0.3 is 0 Å². The topological polar surface area (TPSA) is 35.2 Å². The van der Waals surface area contributed by atoms with Crippen molar-refractivity contribution in [3.63, 3.8) is 0 Å². The maximum absolute atomic E-state index is 13.4.